The average molecular weight is 388 g/mol. The molecule has 1 saturated heterocycles. The van der Waals surface area contributed by atoms with Gasteiger partial charge in [-0.1, -0.05) is 17.7 Å². The van der Waals surface area contributed by atoms with Crippen LogP contribution in [0.3, 0.4) is 0 Å². The molecule has 2 aromatic heterocycles. The fourth-order valence-corrected chi connectivity index (χ4v) is 3.29. The van der Waals surface area contributed by atoms with Gasteiger partial charge in [-0.2, -0.15) is 5.10 Å². The predicted octanol–water partition coefficient (Wildman–Crippen LogP) is 1.53. The molecule has 1 aliphatic rings. The Bertz CT molecular complexity index is 1040. The van der Waals surface area contributed by atoms with Crippen LogP contribution in [0.4, 0.5) is 0 Å². The molecule has 1 aliphatic heterocycles. The summed E-state index contributed by atoms with van der Waals surface area (Å²) in [6.07, 6.45) is 4.82. The first-order valence-electron chi connectivity index (χ1n) is 8.69. The van der Waals surface area contributed by atoms with Gasteiger partial charge in [-0.15, -0.1) is 0 Å². The lowest BCUT2D eigenvalue weighted by Crippen LogP contribution is -2.36. The molecule has 27 heavy (non-hydrogen) atoms. The smallest absolute Gasteiger partial charge is 0.264 e. The highest BCUT2D eigenvalue weighted by atomic mass is 35.5. The van der Waals surface area contributed by atoms with Gasteiger partial charge in [0.15, 0.2) is 5.65 Å². The molecule has 1 fully saturated rings. The fourth-order valence-electron chi connectivity index (χ4n) is 3.10. The highest BCUT2D eigenvalue weighted by molar-refractivity contribution is 6.30. The third kappa shape index (κ3) is 3.72. The molecule has 9 heteroatoms. The molecule has 1 amide bonds. The summed E-state index contributed by atoms with van der Waals surface area (Å²) >= 11 is 6.02. The number of fused-ring (bicyclic) bond motifs is 1. The first-order valence-corrected chi connectivity index (χ1v) is 9.07. The van der Waals surface area contributed by atoms with Gasteiger partial charge in [0.1, 0.15) is 18.3 Å². The third-order valence-electron chi connectivity index (χ3n) is 4.47. The summed E-state index contributed by atoms with van der Waals surface area (Å²) in [6.45, 7) is 1.09. The molecule has 8 nitrogen and oxygen atoms in total. The Morgan fingerprint density at radius 2 is 2.30 bits per heavy atom. The highest BCUT2D eigenvalue weighted by Gasteiger charge is 2.17. The molecule has 0 spiro atoms. The molecule has 1 aromatic carbocycles. The Balaban J connectivity index is 1.54. The molecule has 140 valence electrons. The van der Waals surface area contributed by atoms with Crippen LogP contribution in [-0.2, 0) is 16.1 Å². The summed E-state index contributed by atoms with van der Waals surface area (Å²) in [5.74, 6) is -0.254. The SMILES string of the molecule is O=C(Cn1cnc2c(cnn2-c2cccc(Cl)c2)c1=O)NC[C@@H]1CCCO1. The van der Waals surface area contributed by atoms with Crippen molar-refractivity contribution in [3.63, 3.8) is 0 Å². The quantitative estimate of drug-likeness (QED) is 0.717. The monoisotopic (exact) mass is 387 g/mol. The maximum absolute atomic E-state index is 12.7. The Morgan fingerprint density at radius 3 is 3.07 bits per heavy atom. The summed E-state index contributed by atoms with van der Waals surface area (Å²) in [7, 11) is 0. The molecule has 3 aromatic rings. The van der Waals surface area contributed by atoms with Gasteiger partial charge in [0, 0.05) is 18.2 Å². The average Bonchev–Trinajstić information content (AvgIpc) is 3.32. The zero-order valence-electron chi connectivity index (χ0n) is 14.5. The minimum Gasteiger partial charge on any atom is -0.376 e. The molecule has 4 rings (SSSR count). The number of hydrogen-bond acceptors (Lipinski definition) is 5. The number of nitrogens with zero attached hydrogens (tertiary/aromatic N) is 4. The van der Waals surface area contributed by atoms with Crippen LogP contribution in [0, 0.1) is 0 Å². The first-order chi connectivity index (χ1) is 13.1. The first kappa shape index (κ1) is 17.7. The van der Waals surface area contributed by atoms with Crippen LogP contribution in [0.5, 0.6) is 0 Å². The van der Waals surface area contributed by atoms with E-state index in [4.69, 9.17) is 16.3 Å². The van der Waals surface area contributed by atoms with E-state index < -0.39 is 0 Å². The van der Waals surface area contributed by atoms with Crippen LogP contribution in [0.15, 0.2) is 41.6 Å². The predicted molar refractivity (Wildman–Crippen MR) is 100 cm³/mol. The second kappa shape index (κ2) is 7.50. The van der Waals surface area contributed by atoms with Crippen LogP contribution in [0.2, 0.25) is 5.02 Å². The van der Waals surface area contributed by atoms with Crippen molar-refractivity contribution >= 4 is 28.5 Å². The summed E-state index contributed by atoms with van der Waals surface area (Å²) < 4.78 is 8.29. The van der Waals surface area contributed by atoms with Gasteiger partial charge in [0.25, 0.3) is 5.56 Å². The van der Waals surface area contributed by atoms with Crippen LogP contribution in [0.25, 0.3) is 16.7 Å². The van der Waals surface area contributed by atoms with Crippen LogP contribution in [0.1, 0.15) is 12.8 Å². The van der Waals surface area contributed by atoms with E-state index in [1.54, 1.807) is 22.9 Å². The Hall–Kier alpha value is -2.71. The van der Waals surface area contributed by atoms with Gasteiger partial charge in [-0.25, -0.2) is 9.67 Å². The van der Waals surface area contributed by atoms with Gasteiger partial charge >= 0.3 is 0 Å². The number of benzene rings is 1. The summed E-state index contributed by atoms with van der Waals surface area (Å²) in [5, 5.41) is 7.94. The number of rotatable bonds is 5. The molecule has 0 unspecified atom stereocenters. The zero-order valence-corrected chi connectivity index (χ0v) is 15.2. The molecular weight excluding hydrogens is 370 g/mol. The summed E-state index contributed by atoms with van der Waals surface area (Å²) in [6, 6.07) is 7.11. The van der Waals surface area contributed by atoms with Crippen LogP contribution in [-0.4, -0.2) is 44.5 Å². The van der Waals surface area contributed by atoms with Gasteiger partial charge in [-0.3, -0.25) is 14.2 Å². The fraction of sp³-hybridized carbons (Fsp3) is 0.333. The lowest BCUT2D eigenvalue weighted by atomic mass is 10.2. The molecule has 1 N–H and O–H groups in total. The van der Waals surface area contributed by atoms with Crippen molar-refractivity contribution in [2.45, 2.75) is 25.5 Å². The Kier molecular flexibility index (Phi) is 4.91. The lowest BCUT2D eigenvalue weighted by Gasteiger charge is -2.11. The maximum Gasteiger partial charge on any atom is 0.264 e. The van der Waals surface area contributed by atoms with Crippen molar-refractivity contribution in [3.8, 4) is 5.69 Å². The summed E-state index contributed by atoms with van der Waals surface area (Å²) in [5.41, 5.74) is 0.801. The molecule has 0 aliphatic carbocycles. The largest absolute Gasteiger partial charge is 0.376 e. The highest BCUT2D eigenvalue weighted by Crippen LogP contribution is 2.17. The molecule has 1 atom stereocenters. The van der Waals surface area contributed by atoms with E-state index in [1.165, 1.54) is 17.1 Å². The maximum atomic E-state index is 12.7. The van der Waals surface area contributed by atoms with E-state index in [0.29, 0.717) is 28.3 Å². The number of hydrogen-bond donors (Lipinski definition) is 1. The van der Waals surface area contributed by atoms with Gasteiger partial charge in [0.05, 0.1) is 18.0 Å². The normalized spacial score (nSPS) is 16.7. The number of carbonyl (C=O) groups excluding carboxylic acids is 1. The number of amides is 1. The molecule has 0 saturated carbocycles. The number of nitrogens with one attached hydrogen (secondary N) is 1. The van der Waals surface area contributed by atoms with Crippen LogP contribution >= 0.6 is 11.6 Å². The third-order valence-corrected chi connectivity index (χ3v) is 4.71. The number of aromatic nitrogens is 4. The Morgan fingerprint density at radius 1 is 1.41 bits per heavy atom. The minimum absolute atomic E-state index is 0.0576. The molecule has 3 heterocycles. The topological polar surface area (TPSA) is 91.0 Å². The van der Waals surface area contributed by atoms with Gasteiger partial charge in [0.2, 0.25) is 5.91 Å². The van der Waals surface area contributed by atoms with E-state index in [2.05, 4.69) is 15.4 Å². The van der Waals surface area contributed by atoms with E-state index in [0.717, 1.165) is 19.4 Å². The van der Waals surface area contributed by atoms with E-state index in [9.17, 15) is 9.59 Å². The van der Waals surface area contributed by atoms with Gasteiger partial charge < -0.3 is 10.1 Å². The van der Waals surface area contributed by atoms with E-state index in [1.807, 2.05) is 6.07 Å². The van der Waals surface area contributed by atoms with Crippen molar-refractivity contribution in [3.05, 3.63) is 52.2 Å². The number of ether oxygens (including phenoxy) is 1. The minimum atomic E-state index is -0.319. The molecular formula is C18H18ClN5O3. The van der Waals surface area contributed by atoms with Crippen molar-refractivity contribution in [2.75, 3.05) is 13.2 Å². The second-order valence-corrected chi connectivity index (χ2v) is 6.83. The number of halogens is 1. The standard InChI is InChI=1S/C18H18ClN5O3/c19-12-3-1-4-13(7-12)24-17-15(9-22-24)18(26)23(11-21-17)10-16(25)20-8-14-5-2-6-27-14/h1,3-4,7,9,11,14H,2,5-6,8,10H2,(H,20,25)/t14-/m0/s1. The van der Waals surface area contributed by atoms with Crippen LogP contribution < -0.4 is 10.9 Å². The second-order valence-electron chi connectivity index (χ2n) is 6.39. The zero-order chi connectivity index (χ0) is 18.8. The number of carbonyl (C=O) groups is 1. The van der Waals surface area contributed by atoms with Crippen molar-refractivity contribution in [1.82, 2.24) is 24.6 Å². The summed E-state index contributed by atoms with van der Waals surface area (Å²) in [4.78, 5) is 29.1. The van der Waals surface area contributed by atoms with Gasteiger partial charge in [-0.05, 0) is 31.0 Å². The van der Waals surface area contributed by atoms with Crippen molar-refractivity contribution < 1.29 is 9.53 Å². The van der Waals surface area contributed by atoms with E-state index in [-0.39, 0.29) is 24.1 Å². The molecule has 0 radical (unpaired) electrons. The van der Waals surface area contributed by atoms with E-state index >= 15 is 0 Å². The molecule has 0 bridgehead atoms. The van der Waals surface area contributed by atoms with Crippen molar-refractivity contribution in [2.24, 2.45) is 0 Å². The Labute approximate surface area is 159 Å². The van der Waals surface area contributed by atoms with Crippen molar-refractivity contribution in [1.29, 1.82) is 0 Å². The lowest BCUT2D eigenvalue weighted by molar-refractivity contribution is -0.122.